The summed E-state index contributed by atoms with van der Waals surface area (Å²) >= 11 is 0. The van der Waals surface area contributed by atoms with Gasteiger partial charge >= 0.3 is 23.9 Å². The molecule has 0 saturated carbocycles. The van der Waals surface area contributed by atoms with Crippen LogP contribution in [-0.4, -0.2) is 35.5 Å². The third-order valence-corrected chi connectivity index (χ3v) is 1.31. The summed E-state index contributed by atoms with van der Waals surface area (Å²) in [4.78, 5) is 20.0. The maximum absolute atomic E-state index is 9.98. The number of allylic oxidation sites excluding steroid dienone is 4. The van der Waals surface area contributed by atoms with Crippen molar-refractivity contribution >= 4 is 35.5 Å². The van der Waals surface area contributed by atoms with Gasteiger partial charge in [0.05, 0.1) is 0 Å². The summed E-state index contributed by atoms with van der Waals surface area (Å²) in [6.07, 6.45) is 5.22. The van der Waals surface area contributed by atoms with Crippen LogP contribution in [0.25, 0.3) is 0 Å². The first-order valence-corrected chi connectivity index (χ1v) is 7.09. The van der Waals surface area contributed by atoms with E-state index in [4.69, 9.17) is 13.8 Å². The molecule has 0 unspecified atom stereocenters. The zero-order chi connectivity index (χ0) is 18.6. The largest absolute Gasteiger partial charge is 4.00 e. The van der Waals surface area contributed by atoms with E-state index in [0.29, 0.717) is 12.8 Å². The van der Waals surface area contributed by atoms with Crippen LogP contribution in [-0.2, 0) is 9.59 Å². The number of carbonyl (C=O) groups is 2. The molecule has 0 saturated heterocycles. The molecule has 4 radical (unpaired) electrons. The van der Waals surface area contributed by atoms with Crippen LogP contribution < -0.4 is 10.2 Å². The van der Waals surface area contributed by atoms with Crippen molar-refractivity contribution in [1.29, 1.82) is 0 Å². The molecule has 0 atom stereocenters. The van der Waals surface area contributed by atoms with E-state index in [2.05, 4.69) is 0 Å². The van der Waals surface area contributed by atoms with Crippen LogP contribution >= 0.6 is 0 Å². The minimum absolute atomic E-state index is 0. The van der Waals surface area contributed by atoms with Crippen molar-refractivity contribution in [1.82, 2.24) is 0 Å². The average Bonchev–Trinajstić information content (AvgIpc) is 2.36. The van der Waals surface area contributed by atoms with Crippen molar-refractivity contribution in [3.8, 4) is 0 Å². The van der Waals surface area contributed by atoms with Crippen LogP contribution in [0.3, 0.4) is 0 Å². The Hall–Kier alpha value is -0.781. The zero-order valence-electron chi connectivity index (χ0n) is 15.1. The van der Waals surface area contributed by atoms with Gasteiger partial charge in [0.25, 0.3) is 0 Å². The third-order valence-electron chi connectivity index (χ3n) is 1.31. The van der Waals surface area contributed by atoms with Gasteiger partial charge in [-0.05, 0) is 26.0 Å². The Morgan fingerprint density at radius 1 is 0.783 bits per heavy atom. The predicted molar refractivity (Wildman–Crippen MR) is 90.9 cm³/mol. The van der Waals surface area contributed by atoms with Crippen molar-refractivity contribution in [3.63, 3.8) is 0 Å². The molecule has 0 aliphatic carbocycles. The Balaban J connectivity index is -0.0000000639. The number of ketones is 2. The van der Waals surface area contributed by atoms with E-state index in [1.54, 1.807) is 0 Å². The van der Waals surface area contributed by atoms with Gasteiger partial charge in [-0.3, -0.25) is 9.59 Å². The van der Waals surface area contributed by atoms with Gasteiger partial charge in [0.15, 0.2) is 11.6 Å². The second-order valence-corrected chi connectivity index (χ2v) is 4.23. The van der Waals surface area contributed by atoms with Crippen molar-refractivity contribution in [2.24, 2.45) is 0 Å². The standard InChI is InChI=1S/2C5H8O2.2C4H7.Sn/c2*1-4(6)3-5(2)7;2*1-3-4-2;/h2*3,6H,1-2H3;2*3-4H2,1H3;/q;;2*-1;+4/p-2. The molecule has 0 spiro atoms. The summed E-state index contributed by atoms with van der Waals surface area (Å²) in [5, 5.41) is 20.0. The van der Waals surface area contributed by atoms with E-state index in [0.717, 1.165) is 25.0 Å². The van der Waals surface area contributed by atoms with Gasteiger partial charge in [0.2, 0.25) is 0 Å². The first kappa shape index (κ1) is 33.7. The Morgan fingerprint density at radius 3 is 0.957 bits per heavy atom. The van der Waals surface area contributed by atoms with Gasteiger partial charge in [-0.1, -0.05) is 40.5 Å². The van der Waals surface area contributed by atoms with Gasteiger partial charge in [-0.2, -0.15) is 0 Å². The summed E-state index contributed by atoms with van der Waals surface area (Å²) in [7, 11) is 0. The second kappa shape index (κ2) is 29.3. The first-order chi connectivity index (χ1) is 10.1. The van der Waals surface area contributed by atoms with Gasteiger partial charge < -0.3 is 24.1 Å². The van der Waals surface area contributed by atoms with E-state index >= 15 is 0 Å². The summed E-state index contributed by atoms with van der Waals surface area (Å²) < 4.78 is 0. The van der Waals surface area contributed by atoms with E-state index in [1.165, 1.54) is 27.7 Å². The molecule has 0 aromatic heterocycles. The zero-order valence-corrected chi connectivity index (χ0v) is 18.0. The fourth-order valence-corrected chi connectivity index (χ4v) is 0.572. The molecular formula is C18H28O4Sn. The molecule has 5 heteroatoms. The molecule has 4 nitrogen and oxygen atoms in total. The number of hydrogen-bond donors (Lipinski definition) is 0. The SMILES string of the molecule is CC(=O)C=C(C)[O-].CC(=O)C=C(C)[O-].[C-]CCC.[C-]CCC.[Sn+4]. The van der Waals surface area contributed by atoms with Gasteiger partial charge in [0, 0.05) is 0 Å². The first-order valence-electron chi connectivity index (χ1n) is 7.09. The molecular weight excluding hydrogens is 399 g/mol. The normalized spacial score (nSPS) is 9.57. The van der Waals surface area contributed by atoms with Crippen LogP contribution in [0, 0.1) is 13.8 Å². The molecule has 0 aromatic rings. The molecule has 23 heavy (non-hydrogen) atoms. The average molecular weight is 427 g/mol. The van der Waals surface area contributed by atoms with Crippen LogP contribution in [0.15, 0.2) is 23.7 Å². The minimum atomic E-state index is -0.187. The topological polar surface area (TPSA) is 80.3 Å². The van der Waals surface area contributed by atoms with Crippen LogP contribution in [0.5, 0.6) is 0 Å². The molecule has 128 valence electrons. The monoisotopic (exact) mass is 428 g/mol. The van der Waals surface area contributed by atoms with Gasteiger partial charge in [0.1, 0.15) is 0 Å². The Labute approximate surface area is 160 Å². The number of rotatable bonds is 4. The number of unbranched alkanes of at least 4 members (excludes halogenated alkanes) is 2. The molecule has 0 heterocycles. The van der Waals surface area contributed by atoms with Gasteiger partial charge in [-0.25, -0.2) is 12.8 Å². The summed E-state index contributed by atoms with van der Waals surface area (Å²) in [6.45, 7) is 22.3. The van der Waals surface area contributed by atoms with E-state index in [-0.39, 0.29) is 47.0 Å². The van der Waals surface area contributed by atoms with Crippen LogP contribution in [0.1, 0.15) is 67.2 Å². The minimum Gasteiger partial charge on any atom is -0.876 e. The second-order valence-electron chi connectivity index (χ2n) is 4.23. The molecule has 0 bridgehead atoms. The molecule has 0 amide bonds. The number of hydrogen-bond acceptors (Lipinski definition) is 4. The maximum atomic E-state index is 9.98. The Bertz CT molecular complexity index is 277. The predicted octanol–water partition coefficient (Wildman–Crippen LogP) is 2.05. The third kappa shape index (κ3) is 92.2. The summed E-state index contributed by atoms with van der Waals surface area (Å²) in [5.74, 6) is -0.750. The van der Waals surface area contributed by atoms with E-state index in [9.17, 15) is 19.8 Å². The Kier molecular flexibility index (Phi) is 42.9. The molecule has 0 aliphatic rings. The summed E-state index contributed by atoms with van der Waals surface area (Å²) in [5.41, 5.74) is 0. The maximum Gasteiger partial charge on any atom is 4.00 e. The number of carbonyl (C=O) groups excluding carboxylic acids is 2. The molecule has 0 aliphatic heterocycles. The molecule has 0 fully saturated rings. The van der Waals surface area contributed by atoms with E-state index < -0.39 is 0 Å². The molecule has 0 rings (SSSR count). The molecule has 0 N–H and O–H groups in total. The van der Waals surface area contributed by atoms with E-state index in [1.807, 2.05) is 13.8 Å². The fraction of sp³-hybridized carbons (Fsp3) is 0.556. The van der Waals surface area contributed by atoms with Gasteiger partial charge in [-0.15, -0.1) is 11.5 Å². The van der Waals surface area contributed by atoms with Crippen LogP contribution in [0.2, 0.25) is 0 Å². The molecule has 0 aromatic carbocycles. The fourth-order valence-electron chi connectivity index (χ4n) is 0.572. The quantitative estimate of drug-likeness (QED) is 0.298. The van der Waals surface area contributed by atoms with Crippen molar-refractivity contribution in [2.75, 3.05) is 0 Å². The van der Waals surface area contributed by atoms with Crippen molar-refractivity contribution in [2.45, 2.75) is 67.2 Å². The van der Waals surface area contributed by atoms with Crippen LogP contribution in [0.4, 0.5) is 0 Å². The Morgan fingerprint density at radius 2 is 0.957 bits per heavy atom. The van der Waals surface area contributed by atoms with Crippen molar-refractivity contribution in [3.05, 3.63) is 37.5 Å². The smallest absolute Gasteiger partial charge is 0.876 e. The summed E-state index contributed by atoms with van der Waals surface area (Å²) in [6, 6.07) is 0. The van der Waals surface area contributed by atoms with Crippen molar-refractivity contribution < 1.29 is 19.8 Å².